The molecule has 1 N–H and O–H groups in total. The molecule has 0 saturated heterocycles. The topological polar surface area (TPSA) is 94.8 Å². The van der Waals surface area contributed by atoms with Gasteiger partial charge >= 0.3 is 11.6 Å². The van der Waals surface area contributed by atoms with E-state index < -0.39 is 17.5 Å². The van der Waals surface area contributed by atoms with Gasteiger partial charge in [0.05, 0.1) is 5.56 Å². The van der Waals surface area contributed by atoms with Crippen LogP contribution < -0.4 is 15.7 Å². The first kappa shape index (κ1) is 22.9. The van der Waals surface area contributed by atoms with Gasteiger partial charge in [0.25, 0.3) is 5.91 Å². The van der Waals surface area contributed by atoms with Crippen molar-refractivity contribution >= 4 is 22.8 Å². The fourth-order valence-corrected chi connectivity index (χ4v) is 3.42. The quantitative estimate of drug-likeness (QED) is 0.182. The highest BCUT2D eigenvalue weighted by molar-refractivity contribution is 5.97. The Bertz CT molecular complexity index is 1360. The summed E-state index contributed by atoms with van der Waals surface area (Å²) < 4.78 is 15.7. The second-order valence-electron chi connectivity index (χ2n) is 7.58. The predicted molar refractivity (Wildman–Crippen MR) is 128 cm³/mol. The van der Waals surface area contributed by atoms with Gasteiger partial charge in [-0.25, -0.2) is 9.59 Å². The summed E-state index contributed by atoms with van der Waals surface area (Å²) in [5.74, 6) is -0.820. The van der Waals surface area contributed by atoms with Crippen molar-refractivity contribution in [2.45, 2.75) is 6.42 Å². The summed E-state index contributed by atoms with van der Waals surface area (Å²) in [5.41, 5.74) is 1.79. The zero-order valence-corrected chi connectivity index (χ0v) is 18.6. The molecule has 0 radical (unpaired) electrons. The van der Waals surface area contributed by atoms with Crippen LogP contribution in [0.3, 0.4) is 0 Å². The van der Waals surface area contributed by atoms with Crippen molar-refractivity contribution in [3.05, 3.63) is 100 Å². The minimum Gasteiger partial charge on any atom is -0.423 e. The minimum absolute atomic E-state index is 0.0897. The lowest BCUT2D eigenvalue weighted by molar-refractivity contribution is 0.0734. The molecule has 4 rings (SSSR count). The Morgan fingerprint density at radius 2 is 1.65 bits per heavy atom. The van der Waals surface area contributed by atoms with Crippen LogP contribution in [0.5, 0.6) is 5.75 Å². The fraction of sp³-hybridized carbons (Fsp3) is 0.148. The molecule has 0 bridgehead atoms. The molecule has 0 atom stereocenters. The highest BCUT2D eigenvalue weighted by Crippen LogP contribution is 2.23. The summed E-state index contributed by atoms with van der Waals surface area (Å²) in [5, 5.41) is 3.20. The average molecular weight is 457 g/mol. The van der Waals surface area contributed by atoms with Crippen molar-refractivity contribution in [2.75, 3.05) is 20.3 Å². The molecular formula is C27H23NO6. The number of rotatable bonds is 8. The van der Waals surface area contributed by atoms with Crippen molar-refractivity contribution in [3.8, 4) is 16.9 Å². The standard InChI is InChI=1S/C27H23NO6/c1-32-15-5-14-28-25(29)23-16-21-12-13-22(17-24(21)34-27(23)31)33-26(30)20-10-8-19(9-11-20)18-6-3-2-4-7-18/h2-4,6-13,16-17H,5,14-15H2,1H3,(H,28,29). The van der Waals surface area contributed by atoms with Gasteiger partial charge in [-0.1, -0.05) is 42.5 Å². The first-order chi connectivity index (χ1) is 16.5. The normalized spacial score (nSPS) is 10.7. The van der Waals surface area contributed by atoms with Crippen LogP contribution in [-0.4, -0.2) is 32.1 Å². The zero-order chi connectivity index (χ0) is 23.9. The molecule has 0 aliphatic carbocycles. The van der Waals surface area contributed by atoms with Gasteiger partial charge in [0.15, 0.2) is 0 Å². The molecule has 7 nitrogen and oxygen atoms in total. The van der Waals surface area contributed by atoms with Gasteiger partial charge in [-0.15, -0.1) is 0 Å². The van der Waals surface area contributed by atoms with Crippen LogP contribution in [-0.2, 0) is 4.74 Å². The molecule has 0 spiro atoms. The first-order valence-corrected chi connectivity index (χ1v) is 10.8. The van der Waals surface area contributed by atoms with Crippen LogP contribution in [0.15, 0.2) is 88.1 Å². The molecule has 34 heavy (non-hydrogen) atoms. The summed E-state index contributed by atoms with van der Waals surface area (Å²) in [4.78, 5) is 37.2. The van der Waals surface area contributed by atoms with Gasteiger partial charge in [-0.3, -0.25) is 4.79 Å². The van der Waals surface area contributed by atoms with E-state index >= 15 is 0 Å². The lowest BCUT2D eigenvalue weighted by Gasteiger charge is -2.08. The first-order valence-electron chi connectivity index (χ1n) is 10.8. The molecule has 0 aliphatic rings. The van der Waals surface area contributed by atoms with Crippen LogP contribution in [0, 0.1) is 0 Å². The second-order valence-corrected chi connectivity index (χ2v) is 7.58. The molecule has 0 fully saturated rings. The summed E-state index contributed by atoms with van der Waals surface area (Å²) >= 11 is 0. The summed E-state index contributed by atoms with van der Waals surface area (Å²) in [6.07, 6.45) is 0.630. The van der Waals surface area contributed by atoms with Crippen LogP contribution >= 0.6 is 0 Å². The Hall–Kier alpha value is -4.23. The fourth-order valence-electron chi connectivity index (χ4n) is 3.42. The van der Waals surface area contributed by atoms with Gasteiger partial charge < -0.3 is 19.2 Å². The Morgan fingerprint density at radius 3 is 2.38 bits per heavy atom. The molecule has 3 aromatic carbocycles. The Labute approximate surface area is 195 Å². The summed E-state index contributed by atoms with van der Waals surface area (Å²) in [6.45, 7) is 0.886. The summed E-state index contributed by atoms with van der Waals surface area (Å²) in [7, 11) is 1.58. The third-order valence-electron chi connectivity index (χ3n) is 5.20. The van der Waals surface area contributed by atoms with E-state index in [2.05, 4.69) is 5.32 Å². The van der Waals surface area contributed by atoms with Crippen molar-refractivity contribution < 1.29 is 23.5 Å². The maximum Gasteiger partial charge on any atom is 0.349 e. The second kappa shape index (κ2) is 10.6. The number of fused-ring (bicyclic) bond motifs is 1. The number of carbonyl (C=O) groups is 2. The molecule has 4 aromatic rings. The van der Waals surface area contributed by atoms with Gasteiger partial charge in [-0.05, 0) is 47.9 Å². The minimum atomic E-state index is -0.767. The molecule has 1 aromatic heterocycles. The van der Waals surface area contributed by atoms with E-state index in [0.717, 1.165) is 11.1 Å². The number of methoxy groups -OCH3 is 1. The number of ether oxygens (including phenoxy) is 2. The third kappa shape index (κ3) is 5.39. The van der Waals surface area contributed by atoms with Gasteiger partial charge in [0, 0.05) is 31.7 Å². The van der Waals surface area contributed by atoms with Gasteiger partial charge in [0.1, 0.15) is 16.9 Å². The summed E-state index contributed by atoms with van der Waals surface area (Å²) in [6, 6.07) is 23.1. The lowest BCUT2D eigenvalue weighted by atomic mass is 10.0. The van der Waals surface area contributed by atoms with Crippen LogP contribution in [0.2, 0.25) is 0 Å². The van der Waals surface area contributed by atoms with Gasteiger partial charge in [0.2, 0.25) is 0 Å². The van der Waals surface area contributed by atoms with Gasteiger partial charge in [-0.2, -0.15) is 0 Å². The van der Waals surface area contributed by atoms with E-state index in [4.69, 9.17) is 13.9 Å². The number of nitrogens with one attached hydrogen (secondary N) is 1. The van der Waals surface area contributed by atoms with Crippen molar-refractivity contribution in [2.24, 2.45) is 0 Å². The molecule has 1 heterocycles. The average Bonchev–Trinajstić information content (AvgIpc) is 2.86. The highest BCUT2D eigenvalue weighted by atomic mass is 16.5. The SMILES string of the molecule is COCCCNC(=O)c1cc2ccc(OC(=O)c3ccc(-c4ccccc4)cc3)cc2oc1=O. The Balaban J connectivity index is 1.47. The van der Waals surface area contributed by atoms with E-state index in [1.165, 1.54) is 12.1 Å². The number of benzene rings is 3. The monoisotopic (exact) mass is 457 g/mol. The van der Waals surface area contributed by atoms with Crippen molar-refractivity contribution in [3.63, 3.8) is 0 Å². The van der Waals surface area contributed by atoms with Crippen molar-refractivity contribution in [1.29, 1.82) is 0 Å². The van der Waals surface area contributed by atoms with Crippen LogP contribution in [0.25, 0.3) is 22.1 Å². The zero-order valence-electron chi connectivity index (χ0n) is 18.6. The predicted octanol–water partition coefficient (Wildman–Crippen LogP) is 4.45. The number of carbonyl (C=O) groups excluding carboxylic acids is 2. The highest BCUT2D eigenvalue weighted by Gasteiger charge is 2.15. The van der Waals surface area contributed by atoms with E-state index in [1.54, 1.807) is 31.4 Å². The van der Waals surface area contributed by atoms with Crippen LogP contribution in [0.1, 0.15) is 27.1 Å². The number of esters is 1. The van der Waals surface area contributed by atoms with Crippen molar-refractivity contribution in [1.82, 2.24) is 5.32 Å². The maximum atomic E-state index is 12.6. The number of hydrogen-bond donors (Lipinski definition) is 1. The van der Waals surface area contributed by atoms with Crippen LogP contribution in [0.4, 0.5) is 0 Å². The third-order valence-corrected chi connectivity index (χ3v) is 5.20. The molecular weight excluding hydrogens is 434 g/mol. The molecule has 0 unspecified atom stereocenters. The molecule has 172 valence electrons. The molecule has 1 amide bonds. The number of amides is 1. The molecule has 7 heteroatoms. The number of hydrogen-bond acceptors (Lipinski definition) is 6. The largest absolute Gasteiger partial charge is 0.423 e. The van der Waals surface area contributed by atoms with E-state index in [-0.39, 0.29) is 16.9 Å². The smallest absolute Gasteiger partial charge is 0.349 e. The lowest BCUT2D eigenvalue weighted by Crippen LogP contribution is -2.29. The Morgan fingerprint density at radius 1 is 0.912 bits per heavy atom. The van der Waals surface area contributed by atoms with E-state index in [1.807, 2.05) is 42.5 Å². The molecule has 0 saturated carbocycles. The molecule has 0 aliphatic heterocycles. The van der Waals surface area contributed by atoms with E-state index in [0.29, 0.717) is 30.5 Å². The van der Waals surface area contributed by atoms with E-state index in [9.17, 15) is 14.4 Å². The maximum absolute atomic E-state index is 12.6. The Kier molecular flexibility index (Phi) is 7.15.